The Morgan fingerprint density at radius 1 is 0.895 bits per heavy atom. The summed E-state index contributed by atoms with van der Waals surface area (Å²) in [6.07, 6.45) is 18.4. The summed E-state index contributed by atoms with van der Waals surface area (Å²) < 4.78 is 0. The molecule has 0 heterocycles. The predicted molar refractivity (Wildman–Crippen MR) is 80.0 cm³/mol. The van der Waals surface area contributed by atoms with E-state index in [9.17, 15) is 5.11 Å². The monoisotopic (exact) mass is 262 g/mol. The van der Waals surface area contributed by atoms with Gasteiger partial charge in [-0.2, -0.15) is 0 Å². The van der Waals surface area contributed by atoms with Crippen molar-refractivity contribution < 1.29 is 5.11 Å². The molecule has 2 saturated carbocycles. The molecule has 0 aromatic heterocycles. The van der Waals surface area contributed by atoms with Crippen LogP contribution in [0.4, 0.5) is 0 Å². The second-order valence-electron chi connectivity index (χ2n) is 7.20. The van der Waals surface area contributed by atoms with E-state index in [1.807, 2.05) is 0 Å². The van der Waals surface area contributed by atoms with Crippen LogP contribution < -0.4 is 0 Å². The molecule has 0 aliphatic heterocycles. The van der Waals surface area contributed by atoms with Crippen molar-refractivity contribution in [3.8, 4) is 0 Å². The Bertz CT molecular complexity index is 320. The van der Waals surface area contributed by atoms with Crippen molar-refractivity contribution in [2.75, 3.05) is 0 Å². The van der Waals surface area contributed by atoms with Gasteiger partial charge in [-0.05, 0) is 68.3 Å². The average molecular weight is 262 g/mol. The van der Waals surface area contributed by atoms with E-state index >= 15 is 0 Å². The molecule has 0 amide bonds. The fourth-order valence-electron chi connectivity index (χ4n) is 4.81. The van der Waals surface area contributed by atoms with Gasteiger partial charge in [0, 0.05) is 0 Å². The third-order valence-corrected chi connectivity index (χ3v) is 5.98. The number of aliphatic hydroxyl groups is 1. The smallest absolute Gasteiger partial charge is 0.0778 e. The second-order valence-corrected chi connectivity index (χ2v) is 7.20. The van der Waals surface area contributed by atoms with Crippen molar-refractivity contribution in [2.24, 2.45) is 17.8 Å². The number of fused-ring (bicyclic) bond motifs is 1. The molecule has 0 aromatic rings. The minimum absolute atomic E-state index is 0.110. The Kier molecular flexibility index (Phi) is 4.63. The van der Waals surface area contributed by atoms with Crippen molar-refractivity contribution in [2.45, 2.75) is 83.2 Å². The van der Waals surface area contributed by atoms with Gasteiger partial charge in [0.15, 0.2) is 0 Å². The topological polar surface area (TPSA) is 20.2 Å². The Morgan fingerprint density at radius 2 is 1.74 bits per heavy atom. The van der Waals surface area contributed by atoms with Gasteiger partial charge in [-0.15, -0.1) is 0 Å². The van der Waals surface area contributed by atoms with Crippen molar-refractivity contribution in [3.63, 3.8) is 0 Å². The molecule has 0 saturated heterocycles. The molecule has 0 bridgehead atoms. The van der Waals surface area contributed by atoms with Gasteiger partial charge in [-0.3, -0.25) is 0 Å². The van der Waals surface area contributed by atoms with Gasteiger partial charge in [0.05, 0.1) is 6.10 Å². The Balaban J connectivity index is 1.60. The number of aliphatic hydroxyl groups excluding tert-OH is 1. The molecule has 0 spiro atoms. The molecule has 108 valence electrons. The summed E-state index contributed by atoms with van der Waals surface area (Å²) in [4.78, 5) is 0. The van der Waals surface area contributed by atoms with Crippen LogP contribution in [0.15, 0.2) is 11.6 Å². The maximum atomic E-state index is 10.7. The lowest BCUT2D eigenvalue weighted by Gasteiger charge is -2.41. The van der Waals surface area contributed by atoms with E-state index in [1.165, 1.54) is 76.2 Å². The highest BCUT2D eigenvalue weighted by Gasteiger charge is 2.35. The van der Waals surface area contributed by atoms with Gasteiger partial charge in [0.1, 0.15) is 0 Å². The molecule has 4 unspecified atom stereocenters. The molecular weight excluding hydrogens is 232 g/mol. The van der Waals surface area contributed by atoms with E-state index in [0.717, 1.165) is 18.3 Å². The quantitative estimate of drug-likeness (QED) is 0.706. The number of hydrogen-bond acceptors (Lipinski definition) is 1. The highest BCUT2D eigenvalue weighted by atomic mass is 16.3. The molecule has 3 rings (SSSR count). The maximum absolute atomic E-state index is 10.7. The van der Waals surface area contributed by atoms with Gasteiger partial charge in [0.2, 0.25) is 0 Å². The molecular formula is C18H30O. The van der Waals surface area contributed by atoms with Crippen molar-refractivity contribution >= 4 is 0 Å². The Morgan fingerprint density at radius 3 is 2.63 bits per heavy atom. The summed E-state index contributed by atoms with van der Waals surface area (Å²) in [6, 6.07) is 0. The zero-order valence-corrected chi connectivity index (χ0v) is 12.3. The van der Waals surface area contributed by atoms with Gasteiger partial charge in [0.25, 0.3) is 0 Å². The number of rotatable bonds is 2. The van der Waals surface area contributed by atoms with Crippen LogP contribution in [0.5, 0.6) is 0 Å². The van der Waals surface area contributed by atoms with Crippen LogP contribution in [-0.2, 0) is 0 Å². The SMILES string of the molecule is OC(C1=CCCCCC1)C1CCC2CCCCC2C1. The fraction of sp³-hybridized carbons (Fsp3) is 0.889. The molecule has 2 fully saturated rings. The van der Waals surface area contributed by atoms with Crippen LogP contribution in [0.25, 0.3) is 0 Å². The zero-order valence-electron chi connectivity index (χ0n) is 12.3. The van der Waals surface area contributed by atoms with Crippen LogP contribution in [-0.4, -0.2) is 11.2 Å². The van der Waals surface area contributed by atoms with Crippen molar-refractivity contribution in [3.05, 3.63) is 11.6 Å². The van der Waals surface area contributed by atoms with Crippen LogP contribution in [0.2, 0.25) is 0 Å². The summed E-state index contributed by atoms with van der Waals surface area (Å²) in [5, 5.41) is 10.7. The predicted octanol–water partition coefficient (Wildman–Crippen LogP) is 4.84. The molecule has 19 heavy (non-hydrogen) atoms. The first-order chi connectivity index (χ1) is 9.34. The Labute approximate surface area is 118 Å². The summed E-state index contributed by atoms with van der Waals surface area (Å²) in [5.74, 6) is 2.51. The molecule has 3 aliphatic carbocycles. The highest BCUT2D eigenvalue weighted by Crippen LogP contribution is 2.44. The first-order valence-electron chi connectivity index (χ1n) is 8.71. The van der Waals surface area contributed by atoms with Crippen molar-refractivity contribution in [1.29, 1.82) is 0 Å². The lowest BCUT2D eigenvalue weighted by Crippen LogP contribution is -2.34. The molecule has 1 heteroatoms. The third-order valence-electron chi connectivity index (χ3n) is 5.98. The highest BCUT2D eigenvalue weighted by molar-refractivity contribution is 5.11. The van der Waals surface area contributed by atoms with Gasteiger partial charge in [-0.25, -0.2) is 0 Å². The largest absolute Gasteiger partial charge is 0.388 e. The zero-order chi connectivity index (χ0) is 13.1. The Hall–Kier alpha value is -0.300. The van der Waals surface area contributed by atoms with E-state index in [4.69, 9.17) is 0 Å². The third kappa shape index (κ3) is 3.24. The van der Waals surface area contributed by atoms with E-state index in [-0.39, 0.29) is 6.10 Å². The maximum Gasteiger partial charge on any atom is 0.0778 e. The van der Waals surface area contributed by atoms with Crippen molar-refractivity contribution in [1.82, 2.24) is 0 Å². The second kappa shape index (κ2) is 6.43. The minimum Gasteiger partial charge on any atom is -0.388 e. The average Bonchev–Trinajstić information content (AvgIpc) is 2.75. The molecule has 0 radical (unpaired) electrons. The summed E-state index contributed by atoms with van der Waals surface area (Å²) in [5.41, 5.74) is 1.39. The lowest BCUT2D eigenvalue weighted by atomic mass is 9.66. The van der Waals surface area contributed by atoms with Crippen LogP contribution >= 0.6 is 0 Å². The fourth-order valence-corrected chi connectivity index (χ4v) is 4.81. The summed E-state index contributed by atoms with van der Waals surface area (Å²) in [7, 11) is 0. The minimum atomic E-state index is -0.110. The van der Waals surface area contributed by atoms with Gasteiger partial charge in [-0.1, -0.05) is 38.2 Å². The molecule has 3 aliphatic rings. The number of allylic oxidation sites excluding steroid dienone is 1. The van der Waals surface area contributed by atoms with E-state index in [2.05, 4.69) is 6.08 Å². The molecule has 4 atom stereocenters. The van der Waals surface area contributed by atoms with E-state index in [0.29, 0.717) is 5.92 Å². The standard InChI is InChI=1S/C18H30O/c19-18(15-8-3-1-2-4-9-15)17-12-11-14-7-5-6-10-16(14)13-17/h8,14,16-19H,1-7,9-13H2. The number of hydrogen-bond donors (Lipinski definition) is 1. The molecule has 1 N–H and O–H groups in total. The molecule has 0 aromatic carbocycles. The summed E-state index contributed by atoms with van der Waals surface area (Å²) in [6.45, 7) is 0. The van der Waals surface area contributed by atoms with Crippen LogP contribution in [0.1, 0.15) is 77.0 Å². The lowest BCUT2D eigenvalue weighted by molar-refractivity contribution is 0.0528. The van der Waals surface area contributed by atoms with Gasteiger partial charge < -0.3 is 5.11 Å². The molecule has 1 nitrogen and oxygen atoms in total. The van der Waals surface area contributed by atoms with Crippen LogP contribution in [0.3, 0.4) is 0 Å². The normalized spacial score (nSPS) is 37.9. The van der Waals surface area contributed by atoms with E-state index < -0.39 is 0 Å². The summed E-state index contributed by atoms with van der Waals surface area (Å²) >= 11 is 0. The van der Waals surface area contributed by atoms with E-state index in [1.54, 1.807) is 0 Å². The first kappa shape index (κ1) is 13.7. The van der Waals surface area contributed by atoms with Gasteiger partial charge >= 0.3 is 0 Å². The van der Waals surface area contributed by atoms with Crippen LogP contribution in [0, 0.1) is 17.8 Å². The first-order valence-corrected chi connectivity index (χ1v) is 8.71.